The Balaban J connectivity index is 1.11. The van der Waals surface area contributed by atoms with Crippen molar-refractivity contribution in [3.63, 3.8) is 0 Å². The van der Waals surface area contributed by atoms with E-state index in [2.05, 4.69) is 144 Å². The number of aromatic nitrogens is 4. The maximum absolute atomic E-state index is 5.15. The molecule has 0 saturated carbocycles. The molecule has 10 rings (SSSR count). The van der Waals surface area contributed by atoms with Gasteiger partial charge in [0.2, 0.25) is 0 Å². The van der Waals surface area contributed by atoms with Gasteiger partial charge in [0.25, 0.3) is 0 Å². The summed E-state index contributed by atoms with van der Waals surface area (Å²) >= 11 is 0. The molecule has 7 aromatic carbocycles. The molecule has 0 unspecified atom stereocenters. The van der Waals surface area contributed by atoms with Gasteiger partial charge in [-0.15, -0.1) is 0 Å². The number of rotatable bonds is 6. The van der Waals surface area contributed by atoms with Crippen LogP contribution in [0.15, 0.2) is 182 Å². The maximum Gasteiger partial charge on any atom is 0.0973 e. The van der Waals surface area contributed by atoms with Gasteiger partial charge in [0.15, 0.2) is 0 Å². The molecule has 0 aliphatic heterocycles. The molecule has 0 amide bonds. The van der Waals surface area contributed by atoms with E-state index in [-0.39, 0.29) is 0 Å². The average molecular weight is 680 g/mol. The highest BCUT2D eigenvalue weighted by Crippen LogP contribution is 2.41. The van der Waals surface area contributed by atoms with Crippen molar-refractivity contribution < 1.29 is 0 Å². The van der Waals surface area contributed by atoms with Crippen molar-refractivity contribution in [1.82, 2.24) is 19.5 Å². The van der Waals surface area contributed by atoms with Crippen molar-refractivity contribution >= 4 is 60.8 Å². The third kappa shape index (κ3) is 5.29. The van der Waals surface area contributed by atoms with Crippen LogP contribution in [-0.2, 0) is 0 Å². The summed E-state index contributed by atoms with van der Waals surface area (Å²) < 4.78 is 2.36. The molecule has 0 spiro atoms. The van der Waals surface area contributed by atoms with Crippen LogP contribution in [0.5, 0.6) is 0 Å². The molecule has 10 aromatic rings. The molecular weight excluding hydrogens is 647 g/mol. The van der Waals surface area contributed by atoms with Crippen LogP contribution in [0.4, 0.5) is 17.1 Å². The van der Waals surface area contributed by atoms with Gasteiger partial charge >= 0.3 is 0 Å². The quantitative estimate of drug-likeness (QED) is 0.175. The number of anilines is 3. The van der Waals surface area contributed by atoms with Gasteiger partial charge in [-0.25, -0.2) is 9.97 Å². The Labute approximate surface area is 307 Å². The lowest BCUT2D eigenvalue weighted by Crippen LogP contribution is -2.11. The molecular formula is C48H33N5. The van der Waals surface area contributed by atoms with Gasteiger partial charge in [-0.2, -0.15) is 0 Å². The van der Waals surface area contributed by atoms with E-state index in [1.165, 1.54) is 27.4 Å². The van der Waals surface area contributed by atoms with Crippen LogP contribution in [-0.4, -0.2) is 19.5 Å². The SMILES string of the molecule is Cc1ccc2c(c1)c1ccccc1n2-c1ccc(N(c2ccc(-c3nc4ccccc4nc3-c3ccccc3)cc2)c2cccc3cccnc23)cc1. The van der Waals surface area contributed by atoms with Crippen LogP contribution >= 0.6 is 0 Å². The summed E-state index contributed by atoms with van der Waals surface area (Å²) in [5.41, 5.74) is 14.2. The lowest BCUT2D eigenvalue weighted by molar-refractivity contribution is 1.17. The Bertz CT molecular complexity index is 2940. The Kier molecular flexibility index (Phi) is 7.29. The average Bonchev–Trinajstić information content (AvgIpc) is 3.55. The molecule has 250 valence electrons. The molecule has 0 bridgehead atoms. The highest BCUT2D eigenvalue weighted by atomic mass is 15.1. The van der Waals surface area contributed by atoms with E-state index >= 15 is 0 Å². The summed E-state index contributed by atoms with van der Waals surface area (Å²) in [6, 6.07) is 61.7. The predicted molar refractivity (Wildman–Crippen MR) is 219 cm³/mol. The number of fused-ring (bicyclic) bond motifs is 5. The minimum atomic E-state index is 0.852. The van der Waals surface area contributed by atoms with E-state index in [0.717, 1.165) is 67.2 Å². The van der Waals surface area contributed by atoms with Crippen LogP contribution < -0.4 is 4.90 Å². The monoisotopic (exact) mass is 679 g/mol. The molecule has 0 aliphatic rings. The zero-order valence-corrected chi connectivity index (χ0v) is 29.1. The second-order valence-corrected chi connectivity index (χ2v) is 13.4. The first kappa shape index (κ1) is 30.7. The number of hydrogen-bond acceptors (Lipinski definition) is 4. The van der Waals surface area contributed by atoms with Gasteiger partial charge in [0, 0.05) is 50.5 Å². The first-order valence-corrected chi connectivity index (χ1v) is 17.9. The Morgan fingerprint density at radius 2 is 1.11 bits per heavy atom. The molecule has 3 aromatic heterocycles. The van der Waals surface area contributed by atoms with Crippen LogP contribution in [0.3, 0.4) is 0 Å². The minimum Gasteiger partial charge on any atom is -0.309 e. The highest BCUT2D eigenvalue weighted by molar-refractivity contribution is 6.09. The fourth-order valence-electron chi connectivity index (χ4n) is 7.58. The fraction of sp³-hybridized carbons (Fsp3) is 0.0208. The molecule has 0 atom stereocenters. The Hall–Kier alpha value is -7.11. The molecule has 5 nitrogen and oxygen atoms in total. The van der Waals surface area contributed by atoms with Gasteiger partial charge in [-0.3, -0.25) is 4.98 Å². The largest absolute Gasteiger partial charge is 0.309 e. The molecule has 0 aliphatic carbocycles. The molecule has 53 heavy (non-hydrogen) atoms. The number of hydrogen-bond donors (Lipinski definition) is 0. The van der Waals surface area contributed by atoms with E-state index in [0.29, 0.717) is 0 Å². The van der Waals surface area contributed by atoms with Crippen molar-refractivity contribution in [2.75, 3.05) is 4.90 Å². The second-order valence-electron chi connectivity index (χ2n) is 13.4. The van der Waals surface area contributed by atoms with Crippen molar-refractivity contribution in [3.05, 3.63) is 188 Å². The standard InChI is InChI=1S/C48H33N5/c1-32-20-29-44-40(31-32)39-15-5-8-18-43(39)53(44)38-27-25-37(26-28-38)52(45-19-9-13-33-14-10-30-49-46(33)45)36-23-21-35(22-24-36)48-47(34-11-3-2-4-12-34)50-41-16-6-7-17-42(41)51-48/h2-31H,1H3. The third-order valence-electron chi connectivity index (χ3n) is 10.1. The topological polar surface area (TPSA) is 46.8 Å². The summed E-state index contributed by atoms with van der Waals surface area (Å²) in [5, 5.41) is 3.60. The van der Waals surface area contributed by atoms with Crippen molar-refractivity contribution in [3.8, 4) is 28.2 Å². The first-order valence-electron chi connectivity index (χ1n) is 17.9. The molecule has 0 fully saturated rings. The summed E-state index contributed by atoms with van der Waals surface area (Å²) in [5.74, 6) is 0. The molecule has 0 radical (unpaired) electrons. The summed E-state index contributed by atoms with van der Waals surface area (Å²) in [4.78, 5) is 17.4. The Morgan fingerprint density at radius 1 is 0.491 bits per heavy atom. The molecule has 5 heteroatoms. The number of para-hydroxylation sites is 4. The summed E-state index contributed by atoms with van der Waals surface area (Å²) in [7, 11) is 0. The van der Waals surface area contributed by atoms with E-state index in [4.69, 9.17) is 15.0 Å². The van der Waals surface area contributed by atoms with Gasteiger partial charge in [-0.05, 0) is 85.8 Å². The van der Waals surface area contributed by atoms with Crippen LogP contribution in [0.2, 0.25) is 0 Å². The maximum atomic E-state index is 5.15. The van der Waals surface area contributed by atoms with Crippen LogP contribution in [0.1, 0.15) is 5.56 Å². The van der Waals surface area contributed by atoms with E-state index < -0.39 is 0 Å². The van der Waals surface area contributed by atoms with Gasteiger partial charge in [0.05, 0.1) is 44.7 Å². The zero-order chi connectivity index (χ0) is 35.3. The fourth-order valence-corrected chi connectivity index (χ4v) is 7.58. The number of nitrogens with zero attached hydrogens (tertiary/aromatic N) is 5. The van der Waals surface area contributed by atoms with Crippen molar-refractivity contribution in [2.24, 2.45) is 0 Å². The zero-order valence-electron chi connectivity index (χ0n) is 29.1. The Morgan fingerprint density at radius 3 is 1.87 bits per heavy atom. The number of aryl methyl sites for hydroxylation is 1. The third-order valence-corrected chi connectivity index (χ3v) is 10.1. The van der Waals surface area contributed by atoms with Crippen molar-refractivity contribution in [2.45, 2.75) is 6.92 Å². The number of pyridine rings is 1. The lowest BCUT2D eigenvalue weighted by atomic mass is 10.0. The predicted octanol–water partition coefficient (Wildman–Crippen LogP) is 12.4. The minimum absolute atomic E-state index is 0.852. The van der Waals surface area contributed by atoms with Gasteiger partial charge < -0.3 is 9.47 Å². The molecule has 3 heterocycles. The second kappa shape index (κ2) is 12.6. The van der Waals surface area contributed by atoms with E-state index in [1.54, 1.807) is 0 Å². The van der Waals surface area contributed by atoms with Crippen LogP contribution in [0.25, 0.3) is 71.9 Å². The summed E-state index contributed by atoms with van der Waals surface area (Å²) in [6.07, 6.45) is 1.86. The highest BCUT2D eigenvalue weighted by Gasteiger charge is 2.19. The smallest absolute Gasteiger partial charge is 0.0973 e. The van der Waals surface area contributed by atoms with E-state index in [1.807, 2.05) is 54.7 Å². The number of benzene rings is 7. The summed E-state index contributed by atoms with van der Waals surface area (Å²) in [6.45, 7) is 2.15. The first-order chi connectivity index (χ1) is 26.2. The van der Waals surface area contributed by atoms with E-state index in [9.17, 15) is 0 Å². The lowest BCUT2D eigenvalue weighted by Gasteiger charge is -2.27. The van der Waals surface area contributed by atoms with Gasteiger partial charge in [-0.1, -0.05) is 103 Å². The normalized spacial score (nSPS) is 11.5. The van der Waals surface area contributed by atoms with Crippen molar-refractivity contribution in [1.29, 1.82) is 0 Å². The van der Waals surface area contributed by atoms with Crippen LogP contribution in [0, 0.1) is 6.92 Å². The molecule has 0 saturated heterocycles. The van der Waals surface area contributed by atoms with Gasteiger partial charge in [0.1, 0.15) is 0 Å². The molecule has 0 N–H and O–H groups in total.